The fraction of sp³-hybridized carbons (Fsp3) is 0.118. The van der Waals surface area contributed by atoms with Crippen molar-refractivity contribution in [2.24, 2.45) is 0 Å². The van der Waals surface area contributed by atoms with Gasteiger partial charge in [-0.05, 0) is 43.3 Å². The first-order valence-corrected chi connectivity index (χ1v) is 7.70. The Kier molecular flexibility index (Phi) is 4.32. The number of aromatic nitrogens is 1. The number of rotatable bonds is 2. The summed E-state index contributed by atoms with van der Waals surface area (Å²) in [5.74, 6) is 0. The first-order chi connectivity index (χ1) is 11.2. The number of nitrogens with one attached hydrogen (secondary N) is 1. The van der Waals surface area contributed by atoms with E-state index in [4.69, 9.17) is 23.2 Å². The first kappa shape index (κ1) is 16.9. The summed E-state index contributed by atoms with van der Waals surface area (Å²) in [7, 11) is 0. The van der Waals surface area contributed by atoms with Gasteiger partial charge in [0.25, 0.3) is 0 Å². The van der Waals surface area contributed by atoms with E-state index in [1.807, 2.05) is 0 Å². The molecule has 0 atom stereocenters. The molecule has 124 valence electrons. The molecule has 0 saturated heterocycles. The molecule has 0 amide bonds. The van der Waals surface area contributed by atoms with Crippen LogP contribution in [-0.4, -0.2) is 4.98 Å². The second-order valence-electron chi connectivity index (χ2n) is 5.29. The lowest BCUT2D eigenvalue weighted by Crippen LogP contribution is -2.05. The smallest absolute Gasteiger partial charge is 0.354 e. The van der Waals surface area contributed by atoms with Crippen molar-refractivity contribution in [1.82, 2.24) is 4.98 Å². The van der Waals surface area contributed by atoms with Gasteiger partial charge in [0.05, 0.1) is 21.8 Å². The minimum absolute atomic E-state index is 0.255. The van der Waals surface area contributed by atoms with Crippen molar-refractivity contribution in [2.45, 2.75) is 13.1 Å². The number of alkyl halides is 3. The van der Waals surface area contributed by atoms with E-state index in [0.29, 0.717) is 32.5 Å². The lowest BCUT2D eigenvalue weighted by molar-refractivity contribution is -0.137. The SMILES string of the molecule is Cc1cc(Nc2cc(Cl)ccc2Cl)c2ccc(C(F)(F)F)cc2n1. The zero-order valence-electron chi connectivity index (χ0n) is 12.4. The van der Waals surface area contributed by atoms with Crippen LogP contribution in [0.15, 0.2) is 42.5 Å². The Morgan fingerprint density at radius 1 is 0.958 bits per heavy atom. The largest absolute Gasteiger partial charge is 0.416 e. The van der Waals surface area contributed by atoms with Crippen LogP contribution in [0.2, 0.25) is 10.0 Å². The second kappa shape index (κ2) is 6.15. The summed E-state index contributed by atoms with van der Waals surface area (Å²) < 4.78 is 38.7. The van der Waals surface area contributed by atoms with E-state index in [9.17, 15) is 13.2 Å². The number of pyridine rings is 1. The summed E-state index contributed by atoms with van der Waals surface area (Å²) in [4.78, 5) is 4.19. The summed E-state index contributed by atoms with van der Waals surface area (Å²) in [6, 6.07) is 10.1. The summed E-state index contributed by atoms with van der Waals surface area (Å²) >= 11 is 12.1. The number of hydrogen-bond donors (Lipinski definition) is 1. The van der Waals surface area contributed by atoms with Crippen LogP contribution in [0.1, 0.15) is 11.3 Å². The molecule has 1 heterocycles. The molecule has 2 nitrogen and oxygen atoms in total. The summed E-state index contributed by atoms with van der Waals surface area (Å²) in [6.45, 7) is 1.71. The molecule has 0 aliphatic rings. The van der Waals surface area contributed by atoms with Crippen LogP contribution in [-0.2, 0) is 6.18 Å². The third-order valence-corrected chi connectivity index (χ3v) is 4.03. The van der Waals surface area contributed by atoms with Crippen molar-refractivity contribution in [3.63, 3.8) is 0 Å². The van der Waals surface area contributed by atoms with Gasteiger partial charge < -0.3 is 5.32 Å². The molecule has 3 aromatic rings. The summed E-state index contributed by atoms with van der Waals surface area (Å²) in [5.41, 5.74) is 1.28. The van der Waals surface area contributed by atoms with Gasteiger partial charge in [-0.2, -0.15) is 13.2 Å². The van der Waals surface area contributed by atoms with Crippen molar-refractivity contribution < 1.29 is 13.2 Å². The molecule has 1 aromatic heterocycles. The highest BCUT2D eigenvalue weighted by Crippen LogP contribution is 2.35. The number of nitrogens with zero attached hydrogens (tertiary/aromatic N) is 1. The molecule has 24 heavy (non-hydrogen) atoms. The fourth-order valence-electron chi connectivity index (χ4n) is 2.38. The first-order valence-electron chi connectivity index (χ1n) is 6.95. The molecule has 3 rings (SSSR count). The Hall–Kier alpha value is -1.98. The molecule has 0 unspecified atom stereocenters. The second-order valence-corrected chi connectivity index (χ2v) is 6.13. The summed E-state index contributed by atoms with van der Waals surface area (Å²) in [5, 5.41) is 4.63. The highest BCUT2D eigenvalue weighted by atomic mass is 35.5. The van der Waals surface area contributed by atoms with Gasteiger partial charge in [-0.15, -0.1) is 0 Å². The Morgan fingerprint density at radius 3 is 2.42 bits per heavy atom. The van der Waals surface area contributed by atoms with Crippen LogP contribution < -0.4 is 5.32 Å². The van der Waals surface area contributed by atoms with E-state index in [-0.39, 0.29) is 5.52 Å². The van der Waals surface area contributed by atoms with Crippen molar-refractivity contribution >= 4 is 45.5 Å². The van der Waals surface area contributed by atoms with Gasteiger partial charge in [0.15, 0.2) is 0 Å². The highest BCUT2D eigenvalue weighted by Gasteiger charge is 2.30. The van der Waals surface area contributed by atoms with E-state index < -0.39 is 11.7 Å². The number of halogens is 5. The molecule has 0 spiro atoms. The molecule has 1 N–H and O–H groups in total. The molecular weight excluding hydrogens is 360 g/mol. The van der Waals surface area contributed by atoms with Gasteiger partial charge in [-0.25, -0.2) is 0 Å². The highest BCUT2D eigenvalue weighted by molar-refractivity contribution is 6.35. The van der Waals surface area contributed by atoms with E-state index in [0.717, 1.165) is 12.1 Å². The van der Waals surface area contributed by atoms with Gasteiger partial charge in [-0.1, -0.05) is 29.3 Å². The Labute approximate surface area is 146 Å². The number of benzene rings is 2. The molecule has 0 saturated carbocycles. The van der Waals surface area contributed by atoms with Gasteiger partial charge in [-0.3, -0.25) is 4.98 Å². The van der Waals surface area contributed by atoms with E-state index in [1.165, 1.54) is 6.07 Å². The van der Waals surface area contributed by atoms with Crippen molar-refractivity contribution in [3.8, 4) is 0 Å². The monoisotopic (exact) mass is 370 g/mol. The molecule has 2 aromatic carbocycles. The topological polar surface area (TPSA) is 24.9 Å². The van der Waals surface area contributed by atoms with E-state index in [2.05, 4.69) is 10.3 Å². The lowest BCUT2D eigenvalue weighted by atomic mass is 10.1. The van der Waals surface area contributed by atoms with Crippen LogP contribution in [0, 0.1) is 6.92 Å². The number of fused-ring (bicyclic) bond motifs is 1. The Morgan fingerprint density at radius 2 is 1.71 bits per heavy atom. The summed E-state index contributed by atoms with van der Waals surface area (Å²) in [6.07, 6.45) is -4.41. The molecular formula is C17H11Cl2F3N2. The van der Waals surface area contributed by atoms with Gasteiger partial charge in [0.2, 0.25) is 0 Å². The van der Waals surface area contributed by atoms with E-state index in [1.54, 1.807) is 31.2 Å². The van der Waals surface area contributed by atoms with Gasteiger partial charge in [0.1, 0.15) is 0 Å². The standard InChI is InChI=1S/C17H11Cl2F3N2/c1-9-6-14(24-16-8-11(18)3-5-13(16)19)12-4-2-10(17(20,21)22)7-15(12)23-9/h2-8H,1H3,(H,23,24). The molecule has 0 aliphatic carbocycles. The Balaban J connectivity index is 2.12. The molecule has 0 bridgehead atoms. The maximum Gasteiger partial charge on any atom is 0.416 e. The average Bonchev–Trinajstić information content (AvgIpc) is 2.49. The third-order valence-electron chi connectivity index (χ3n) is 3.46. The molecule has 7 heteroatoms. The lowest BCUT2D eigenvalue weighted by Gasteiger charge is -2.14. The quantitative estimate of drug-likeness (QED) is 0.548. The minimum Gasteiger partial charge on any atom is -0.354 e. The normalized spacial score (nSPS) is 11.8. The Bertz CT molecular complexity index is 924. The molecule has 0 aliphatic heterocycles. The minimum atomic E-state index is -4.41. The van der Waals surface area contributed by atoms with Crippen molar-refractivity contribution in [2.75, 3.05) is 5.32 Å². The zero-order chi connectivity index (χ0) is 17.5. The van der Waals surface area contributed by atoms with Gasteiger partial charge >= 0.3 is 6.18 Å². The maximum absolute atomic E-state index is 12.9. The van der Waals surface area contributed by atoms with Crippen LogP contribution in [0.5, 0.6) is 0 Å². The van der Waals surface area contributed by atoms with Crippen LogP contribution in [0.4, 0.5) is 24.5 Å². The predicted molar refractivity (Wildman–Crippen MR) is 91.2 cm³/mol. The van der Waals surface area contributed by atoms with Crippen LogP contribution >= 0.6 is 23.2 Å². The molecule has 0 radical (unpaired) electrons. The van der Waals surface area contributed by atoms with Gasteiger partial charge in [0, 0.05) is 21.8 Å². The number of aryl methyl sites for hydroxylation is 1. The van der Waals surface area contributed by atoms with Crippen LogP contribution in [0.3, 0.4) is 0 Å². The third kappa shape index (κ3) is 3.42. The average molecular weight is 371 g/mol. The number of anilines is 2. The van der Waals surface area contributed by atoms with Crippen LogP contribution in [0.25, 0.3) is 10.9 Å². The predicted octanol–water partition coefficient (Wildman–Crippen LogP) is 6.61. The van der Waals surface area contributed by atoms with E-state index >= 15 is 0 Å². The zero-order valence-corrected chi connectivity index (χ0v) is 13.9. The van der Waals surface area contributed by atoms with Crippen molar-refractivity contribution in [1.29, 1.82) is 0 Å². The molecule has 0 fully saturated rings. The maximum atomic E-state index is 12.9. The van der Waals surface area contributed by atoms with Crippen molar-refractivity contribution in [3.05, 3.63) is 63.8 Å². The fourth-order valence-corrected chi connectivity index (χ4v) is 2.72. The number of hydrogen-bond acceptors (Lipinski definition) is 2.